The van der Waals surface area contributed by atoms with Gasteiger partial charge in [-0.2, -0.15) is 0 Å². The zero-order valence-electron chi connectivity index (χ0n) is 44.7. The van der Waals surface area contributed by atoms with E-state index in [0.717, 1.165) is 38.5 Å². The maximum Gasteiger partial charge on any atom is 0.305 e. The second kappa shape index (κ2) is 56.2. The largest absolute Gasteiger partial charge is 0.466 e. The number of esters is 1. The van der Waals surface area contributed by atoms with Gasteiger partial charge in [-0.3, -0.25) is 9.59 Å². The molecule has 6 nitrogen and oxygen atoms in total. The Labute approximate surface area is 412 Å². The van der Waals surface area contributed by atoms with Crippen LogP contribution in [0.15, 0.2) is 12.2 Å². The topological polar surface area (TPSA) is 95.9 Å². The molecule has 0 aromatic rings. The summed E-state index contributed by atoms with van der Waals surface area (Å²) in [5.41, 5.74) is 0. The van der Waals surface area contributed by atoms with Crippen LogP contribution < -0.4 is 5.32 Å². The molecule has 0 saturated heterocycles. The lowest BCUT2D eigenvalue weighted by Gasteiger charge is -2.20. The summed E-state index contributed by atoms with van der Waals surface area (Å²) in [5.74, 6) is -0.0529. The van der Waals surface area contributed by atoms with Crippen LogP contribution in [-0.4, -0.2) is 47.4 Å². The van der Waals surface area contributed by atoms with Gasteiger partial charge < -0.3 is 20.3 Å². The molecule has 0 aliphatic rings. The molecule has 2 unspecified atom stereocenters. The molecule has 392 valence electrons. The van der Waals surface area contributed by atoms with E-state index in [9.17, 15) is 19.8 Å². The molecule has 6 heteroatoms. The number of unbranched alkanes of at least 4 members (excludes halogenated alkanes) is 45. The van der Waals surface area contributed by atoms with Crippen molar-refractivity contribution in [2.75, 3.05) is 13.2 Å². The minimum atomic E-state index is -0.843. The fourth-order valence-electron chi connectivity index (χ4n) is 9.46. The molecule has 1 amide bonds. The molecule has 0 aliphatic carbocycles. The van der Waals surface area contributed by atoms with Crippen LogP contribution in [0.1, 0.15) is 335 Å². The van der Waals surface area contributed by atoms with Gasteiger partial charge in [-0.1, -0.05) is 302 Å². The number of amides is 1. The van der Waals surface area contributed by atoms with Gasteiger partial charge >= 0.3 is 5.97 Å². The normalized spacial score (nSPS) is 12.6. The fraction of sp³-hybridized carbons (Fsp3) is 0.933. The van der Waals surface area contributed by atoms with Crippen LogP contribution in [-0.2, 0) is 14.3 Å². The summed E-state index contributed by atoms with van der Waals surface area (Å²) in [6.45, 7) is 4.92. The quantitative estimate of drug-likeness (QED) is 0.0321. The highest BCUT2D eigenvalue weighted by Gasteiger charge is 2.18. The van der Waals surface area contributed by atoms with E-state index in [4.69, 9.17) is 4.74 Å². The predicted octanol–water partition coefficient (Wildman–Crippen LogP) is 18.5. The molecule has 0 bridgehead atoms. The monoisotopic (exact) mass is 932 g/mol. The van der Waals surface area contributed by atoms with Crippen LogP contribution >= 0.6 is 0 Å². The number of carbonyl (C=O) groups excluding carboxylic acids is 2. The number of hydrogen-bond acceptors (Lipinski definition) is 5. The van der Waals surface area contributed by atoms with Crippen molar-refractivity contribution < 1.29 is 24.5 Å². The van der Waals surface area contributed by atoms with Gasteiger partial charge in [0.25, 0.3) is 0 Å². The number of aliphatic hydroxyl groups is 2. The second-order valence-corrected chi connectivity index (χ2v) is 20.7. The molecular formula is C60H117NO5. The van der Waals surface area contributed by atoms with Gasteiger partial charge in [0, 0.05) is 12.8 Å². The molecule has 0 rings (SSSR count). The zero-order valence-corrected chi connectivity index (χ0v) is 44.7. The van der Waals surface area contributed by atoms with Crippen molar-refractivity contribution in [3.8, 4) is 0 Å². The van der Waals surface area contributed by atoms with E-state index in [0.29, 0.717) is 19.4 Å². The summed E-state index contributed by atoms with van der Waals surface area (Å²) >= 11 is 0. The highest BCUT2D eigenvalue weighted by atomic mass is 16.5. The smallest absolute Gasteiger partial charge is 0.305 e. The number of nitrogens with one attached hydrogen (secondary N) is 1. The standard InChI is InChI=1S/C60H117NO5/c1-3-5-7-9-11-13-15-16-17-26-29-33-36-40-44-48-52-58(63)57(56-62)61-59(64)53-49-45-41-37-34-30-27-24-22-20-18-19-21-23-25-28-31-35-39-43-47-51-55-66-60(65)54-50-46-42-38-32-14-12-10-8-6-4-2/h48,52,57-58,62-63H,3-47,49-51,53-56H2,1-2H3,(H,61,64)/b52-48+. The van der Waals surface area contributed by atoms with Gasteiger partial charge in [0.1, 0.15) is 0 Å². The van der Waals surface area contributed by atoms with Crippen LogP contribution in [0.2, 0.25) is 0 Å². The average molecular weight is 933 g/mol. The molecule has 0 radical (unpaired) electrons. The second-order valence-electron chi connectivity index (χ2n) is 20.7. The van der Waals surface area contributed by atoms with Crippen molar-refractivity contribution in [3.63, 3.8) is 0 Å². The highest BCUT2D eigenvalue weighted by molar-refractivity contribution is 5.76. The molecule has 0 aromatic carbocycles. The molecule has 2 atom stereocenters. The fourth-order valence-corrected chi connectivity index (χ4v) is 9.46. The van der Waals surface area contributed by atoms with E-state index >= 15 is 0 Å². The molecule has 0 saturated carbocycles. The molecular weight excluding hydrogens is 815 g/mol. The Morgan fingerprint density at radius 3 is 1.03 bits per heavy atom. The lowest BCUT2D eigenvalue weighted by Crippen LogP contribution is -2.45. The maximum atomic E-state index is 12.5. The van der Waals surface area contributed by atoms with Crippen molar-refractivity contribution >= 4 is 11.9 Å². The number of hydrogen-bond donors (Lipinski definition) is 3. The number of carbonyl (C=O) groups is 2. The molecule has 0 heterocycles. The first-order valence-electron chi connectivity index (χ1n) is 30.0. The number of ether oxygens (including phenoxy) is 1. The Balaban J connectivity index is 3.40. The summed E-state index contributed by atoms with van der Waals surface area (Å²) in [7, 11) is 0. The highest BCUT2D eigenvalue weighted by Crippen LogP contribution is 2.18. The molecule has 0 aromatic heterocycles. The Bertz CT molecular complexity index is 986. The van der Waals surface area contributed by atoms with Gasteiger partial charge in [0.15, 0.2) is 0 Å². The van der Waals surface area contributed by atoms with E-state index < -0.39 is 12.1 Å². The van der Waals surface area contributed by atoms with E-state index in [2.05, 4.69) is 19.2 Å². The van der Waals surface area contributed by atoms with Gasteiger partial charge in [-0.15, -0.1) is 0 Å². The Hall–Kier alpha value is -1.40. The van der Waals surface area contributed by atoms with E-state index in [1.807, 2.05) is 6.08 Å². The first-order chi connectivity index (χ1) is 32.5. The predicted molar refractivity (Wildman–Crippen MR) is 287 cm³/mol. The average Bonchev–Trinajstić information content (AvgIpc) is 3.32. The van der Waals surface area contributed by atoms with E-state index in [-0.39, 0.29) is 18.5 Å². The van der Waals surface area contributed by atoms with Gasteiger partial charge in [0.05, 0.1) is 25.4 Å². The van der Waals surface area contributed by atoms with Crippen LogP contribution in [0, 0.1) is 0 Å². The summed E-state index contributed by atoms with van der Waals surface area (Å²) in [5, 5.41) is 23.1. The first-order valence-corrected chi connectivity index (χ1v) is 30.0. The Kier molecular flexibility index (Phi) is 55.0. The number of allylic oxidation sites excluding steroid dienone is 1. The van der Waals surface area contributed by atoms with Crippen molar-refractivity contribution in [3.05, 3.63) is 12.2 Å². The lowest BCUT2D eigenvalue weighted by molar-refractivity contribution is -0.143. The van der Waals surface area contributed by atoms with Crippen LogP contribution in [0.4, 0.5) is 0 Å². The molecule has 3 N–H and O–H groups in total. The van der Waals surface area contributed by atoms with Crippen LogP contribution in [0.3, 0.4) is 0 Å². The van der Waals surface area contributed by atoms with Gasteiger partial charge in [-0.25, -0.2) is 0 Å². The SMILES string of the molecule is CCCCCCCCCCCCCCCC/C=C/C(O)C(CO)NC(=O)CCCCCCCCCCCCCCCCCCCCCCCCOC(=O)CCCCCCCCCCCCC. The van der Waals surface area contributed by atoms with Crippen LogP contribution in [0.5, 0.6) is 0 Å². The van der Waals surface area contributed by atoms with E-state index in [1.54, 1.807) is 6.08 Å². The summed E-state index contributed by atoms with van der Waals surface area (Å²) < 4.78 is 5.47. The summed E-state index contributed by atoms with van der Waals surface area (Å²) in [6, 6.07) is -0.627. The Morgan fingerprint density at radius 2 is 0.697 bits per heavy atom. The minimum Gasteiger partial charge on any atom is -0.466 e. The maximum absolute atomic E-state index is 12.5. The van der Waals surface area contributed by atoms with Crippen molar-refractivity contribution in [1.29, 1.82) is 0 Å². The summed E-state index contributed by atoms with van der Waals surface area (Å²) in [4.78, 5) is 24.5. The lowest BCUT2D eigenvalue weighted by atomic mass is 10.0. The molecule has 0 fully saturated rings. The van der Waals surface area contributed by atoms with Gasteiger partial charge in [-0.05, 0) is 32.1 Å². The third-order valence-electron chi connectivity index (χ3n) is 14.1. The third kappa shape index (κ3) is 52.0. The molecule has 66 heavy (non-hydrogen) atoms. The minimum absolute atomic E-state index is 0.0129. The van der Waals surface area contributed by atoms with Crippen molar-refractivity contribution in [2.45, 2.75) is 347 Å². The number of rotatable bonds is 56. The van der Waals surface area contributed by atoms with Gasteiger partial charge in [0.2, 0.25) is 5.91 Å². The van der Waals surface area contributed by atoms with Crippen molar-refractivity contribution in [1.82, 2.24) is 5.32 Å². The molecule has 0 spiro atoms. The Morgan fingerprint density at radius 1 is 0.409 bits per heavy atom. The number of aliphatic hydroxyl groups excluding tert-OH is 2. The summed E-state index contributed by atoms with van der Waals surface area (Å²) in [6.07, 6.45) is 66.7. The zero-order chi connectivity index (χ0) is 47.9. The third-order valence-corrected chi connectivity index (χ3v) is 14.1. The van der Waals surface area contributed by atoms with E-state index in [1.165, 1.54) is 270 Å². The van der Waals surface area contributed by atoms with Crippen LogP contribution in [0.25, 0.3) is 0 Å². The molecule has 0 aliphatic heterocycles. The van der Waals surface area contributed by atoms with Crippen molar-refractivity contribution in [2.24, 2.45) is 0 Å². The first kappa shape index (κ1) is 64.6.